The van der Waals surface area contributed by atoms with Crippen LogP contribution in [0.3, 0.4) is 0 Å². The molecule has 39 heavy (non-hydrogen) atoms. The molecule has 2 atom stereocenters. The Kier molecular flexibility index (Phi) is 7.21. The molecule has 2 aromatic carbocycles. The van der Waals surface area contributed by atoms with Gasteiger partial charge in [-0.3, -0.25) is 14.9 Å². The van der Waals surface area contributed by atoms with Crippen LogP contribution < -0.4 is 10.1 Å². The third-order valence-corrected chi connectivity index (χ3v) is 8.07. The Balaban J connectivity index is 1.61. The molecular weight excluding hydrogens is 520 g/mol. The van der Waals surface area contributed by atoms with Crippen LogP contribution in [0.5, 0.6) is 11.5 Å². The molecule has 1 aliphatic carbocycles. The van der Waals surface area contributed by atoms with Gasteiger partial charge in [-0.25, -0.2) is 4.79 Å². The fourth-order valence-electron chi connectivity index (χ4n) is 5.24. The maximum atomic E-state index is 13.7. The smallest absolute Gasteiger partial charge is 0.337 e. The lowest BCUT2D eigenvalue weighted by Gasteiger charge is -2.36. The van der Waals surface area contributed by atoms with Crippen molar-refractivity contribution >= 4 is 28.8 Å². The quantitative estimate of drug-likeness (QED) is 0.227. The molecule has 2 heterocycles. The first kappa shape index (κ1) is 26.2. The zero-order valence-corrected chi connectivity index (χ0v) is 22.1. The van der Waals surface area contributed by atoms with Crippen LogP contribution in [0.15, 0.2) is 82.5 Å². The van der Waals surface area contributed by atoms with Gasteiger partial charge >= 0.3 is 11.7 Å². The monoisotopic (exact) mass is 546 g/mol. The average molecular weight is 547 g/mol. The van der Waals surface area contributed by atoms with Crippen molar-refractivity contribution < 1.29 is 29.1 Å². The van der Waals surface area contributed by atoms with Crippen LogP contribution in [0.25, 0.3) is 0 Å². The number of hydrogen-bond acceptors (Lipinski definition) is 9. The van der Waals surface area contributed by atoms with Gasteiger partial charge in [0.2, 0.25) is 5.75 Å². The highest BCUT2D eigenvalue weighted by Crippen LogP contribution is 2.49. The van der Waals surface area contributed by atoms with E-state index in [1.54, 1.807) is 18.3 Å². The minimum Gasteiger partial charge on any atom is -0.500 e. The van der Waals surface area contributed by atoms with Crippen molar-refractivity contribution in [1.82, 2.24) is 5.32 Å². The summed E-state index contributed by atoms with van der Waals surface area (Å²) in [5.74, 6) is -2.54. The van der Waals surface area contributed by atoms with Crippen LogP contribution in [-0.4, -0.2) is 28.9 Å². The molecule has 0 fully saturated rings. The van der Waals surface area contributed by atoms with Crippen molar-refractivity contribution in [2.45, 2.75) is 38.2 Å². The Hall–Kier alpha value is -4.44. The second-order valence-electron chi connectivity index (χ2n) is 9.44. The van der Waals surface area contributed by atoms with Crippen LogP contribution in [-0.2, 0) is 20.9 Å². The SMILES string of the molecule is COc1cc([C@H]2C(C(=O)OCc3ccccc3)=C(C)NC3=C2C(=O)C[C@@H](c2cccs2)C3)cc([N+](=O)[O-])c1O. The molecule has 1 aliphatic heterocycles. The third-order valence-electron chi connectivity index (χ3n) is 7.03. The number of rotatable bonds is 7. The number of ether oxygens (including phenoxy) is 2. The van der Waals surface area contributed by atoms with Gasteiger partial charge in [-0.15, -0.1) is 11.3 Å². The van der Waals surface area contributed by atoms with Gasteiger partial charge in [0.05, 0.1) is 17.6 Å². The van der Waals surface area contributed by atoms with E-state index in [0.29, 0.717) is 23.4 Å². The van der Waals surface area contributed by atoms with Crippen molar-refractivity contribution in [3.05, 3.63) is 109 Å². The number of hydrogen-bond donors (Lipinski definition) is 2. The zero-order valence-electron chi connectivity index (χ0n) is 21.3. The van der Waals surface area contributed by atoms with Gasteiger partial charge in [0.1, 0.15) is 6.61 Å². The Morgan fingerprint density at radius 1 is 1.18 bits per heavy atom. The number of benzene rings is 2. The molecule has 2 N–H and O–H groups in total. The number of dihydropyridines is 1. The predicted octanol–water partition coefficient (Wildman–Crippen LogP) is 5.48. The van der Waals surface area contributed by atoms with Crippen molar-refractivity contribution in [3.63, 3.8) is 0 Å². The Morgan fingerprint density at radius 3 is 2.62 bits per heavy atom. The number of aromatic hydroxyl groups is 1. The van der Waals surface area contributed by atoms with Crippen molar-refractivity contribution in [2.75, 3.05) is 7.11 Å². The molecule has 0 unspecified atom stereocenters. The largest absolute Gasteiger partial charge is 0.500 e. The summed E-state index contributed by atoms with van der Waals surface area (Å²) in [5.41, 5.74) is 2.18. The van der Waals surface area contributed by atoms with E-state index in [0.717, 1.165) is 10.4 Å². The van der Waals surface area contributed by atoms with Gasteiger partial charge in [0.25, 0.3) is 0 Å². The van der Waals surface area contributed by atoms with Crippen LogP contribution in [0.1, 0.15) is 47.6 Å². The summed E-state index contributed by atoms with van der Waals surface area (Å²) in [7, 11) is 1.28. The fourth-order valence-corrected chi connectivity index (χ4v) is 6.07. The standard InChI is InChI=1S/C29H26N2O7S/c1-16-25(29(34)38-15-17-7-4-3-5-8-17)26(19-12-21(31(35)36)28(33)23(14-19)37-2)27-20(30-16)11-18(13-22(27)32)24-9-6-10-39-24/h3-10,12,14,18,26,30,33H,11,13,15H2,1-2H3/t18-,26-/m0/s1. The number of phenolic OH excluding ortho intramolecular Hbond substituents is 1. The first-order valence-corrected chi connectivity index (χ1v) is 13.2. The van der Waals surface area contributed by atoms with E-state index in [9.17, 15) is 24.8 Å². The molecule has 3 aromatic rings. The molecule has 9 nitrogen and oxygen atoms in total. The number of thiophene rings is 1. The normalized spacial score (nSPS) is 18.9. The molecular formula is C29H26N2O7S. The summed E-state index contributed by atoms with van der Waals surface area (Å²) >= 11 is 1.58. The highest BCUT2D eigenvalue weighted by atomic mass is 32.1. The number of ketones is 1. The number of carbonyl (C=O) groups is 2. The van der Waals surface area contributed by atoms with E-state index in [1.807, 2.05) is 47.8 Å². The highest BCUT2D eigenvalue weighted by Gasteiger charge is 2.42. The first-order chi connectivity index (χ1) is 18.8. The van der Waals surface area contributed by atoms with E-state index in [4.69, 9.17) is 9.47 Å². The molecule has 0 spiro atoms. The fraction of sp³-hybridized carbons (Fsp3) is 0.241. The lowest BCUT2D eigenvalue weighted by atomic mass is 9.72. The van der Waals surface area contributed by atoms with E-state index < -0.39 is 28.2 Å². The average Bonchev–Trinajstić information content (AvgIpc) is 3.47. The topological polar surface area (TPSA) is 128 Å². The predicted molar refractivity (Wildman–Crippen MR) is 144 cm³/mol. The summed E-state index contributed by atoms with van der Waals surface area (Å²) in [4.78, 5) is 39.4. The summed E-state index contributed by atoms with van der Waals surface area (Å²) in [6.07, 6.45) is 0.777. The number of carbonyl (C=O) groups excluding carboxylic acids is 2. The molecule has 5 rings (SSSR count). The number of methoxy groups -OCH3 is 1. The van der Waals surface area contributed by atoms with Gasteiger partial charge in [-0.2, -0.15) is 0 Å². The number of phenols is 1. The van der Waals surface area contributed by atoms with E-state index in [2.05, 4.69) is 5.32 Å². The molecule has 0 bridgehead atoms. The van der Waals surface area contributed by atoms with Gasteiger partial charge in [0, 0.05) is 46.2 Å². The van der Waals surface area contributed by atoms with Crippen molar-refractivity contribution in [2.24, 2.45) is 0 Å². The Labute approximate surface area is 228 Å². The molecule has 0 saturated heterocycles. The number of allylic oxidation sites excluding steroid dienone is 3. The molecule has 200 valence electrons. The molecule has 0 amide bonds. The molecule has 2 aliphatic rings. The van der Waals surface area contributed by atoms with Gasteiger partial charge in [0.15, 0.2) is 11.5 Å². The van der Waals surface area contributed by atoms with Crippen LogP contribution >= 0.6 is 11.3 Å². The number of nitro benzene ring substituents is 1. The maximum absolute atomic E-state index is 13.7. The summed E-state index contributed by atoms with van der Waals surface area (Å²) < 4.78 is 10.9. The second kappa shape index (κ2) is 10.7. The number of Topliss-reactive ketones (excluding diaryl/α,β-unsaturated/α-hetero) is 1. The van der Waals surface area contributed by atoms with E-state index in [-0.39, 0.29) is 41.6 Å². The van der Waals surface area contributed by atoms with Gasteiger partial charge < -0.3 is 19.9 Å². The molecule has 1 aromatic heterocycles. The van der Waals surface area contributed by atoms with Gasteiger partial charge in [-0.1, -0.05) is 36.4 Å². The molecule has 10 heteroatoms. The lowest BCUT2D eigenvalue weighted by molar-refractivity contribution is -0.386. The Morgan fingerprint density at radius 2 is 1.95 bits per heavy atom. The second-order valence-corrected chi connectivity index (χ2v) is 10.4. The number of nitrogens with zero attached hydrogens (tertiary/aromatic N) is 1. The minimum atomic E-state index is -0.950. The molecule has 0 saturated carbocycles. The van der Waals surface area contributed by atoms with Crippen molar-refractivity contribution in [3.8, 4) is 11.5 Å². The number of nitro groups is 1. The van der Waals surface area contributed by atoms with Crippen LogP contribution in [0.4, 0.5) is 5.69 Å². The van der Waals surface area contributed by atoms with E-state index in [1.165, 1.54) is 19.2 Å². The third kappa shape index (κ3) is 5.03. The number of esters is 1. The molecule has 0 radical (unpaired) electrons. The minimum absolute atomic E-state index is 0.0164. The van der Waals surface area contributed by atoms with Crippen LogP contribution in [0, 0.1) is 10.1 Å². The number of nitrogens with one attached hydrogen (secondary N) is 1. The van der Waals surface area contributed by atoms with Gasteiger partial charge in [-0.05, 0) is 42.0 Å². The Bertz CT molecular complexity index is 1510. The zero-order chi connectivity index (χ0) is 27.7. The lowest BCUT2D eigenvalue weighted by Crippen LogP contribution is -2.36. The first-order valence-electron chi connectivity index (χ1n) is 12.3. The van der Waals surface area contributed by atoms with Crippen molar-refractivity contribution in [1.29, 1.82) is 0 Å². The summed E-state index contributed by atoms with van der Waals surface area (Å²) in [6, 6.07) is 15.7. The van der Waals surface area contributed by atoms with E-state index >= 15 is 0 Å². The summed E-state index contributed by atoms with van der Waals surface area (Å²) in [5, 5.41) is 27.4. The maximum Gasteiger partial charge on any atom is 0.337 e. The summed E-state index contributed by atoms with van der Waals surface area (Å²) in [6.45, 7) is 1.74. The highest BCUT2D eigenvalue weighted by molar-refractivity contribution is 7.10. The van der Waals surface area contributed by atoms with Crippen LogP contribution in [0.2, 0.25) is 0 Å².